The minimum atomic E-state index is -0.0141. The highest BCUT2D eigenvalue weighted by molar-refractivity contribution is 5.95. The van der Waals surface area contributed by atoms with Crippen LogP contribution in [0.3, 0.4) is 0 Å². The number of amides is 1. The number of nitrogens with two attached hydrogens (primary N) is 1. The molecular formula is C12H16N2O. The molecule has 3 heteroatoms. The van der Waals surface area contributed by atoms with Crippen LogP contribution in [0.25, 0.3) is 0 Å². The quantitative estimate of drug-likeness (QED) is 0.758. The van der Waals surface area contributed by atoms with Gasteiger partial charge in [-0.3, -0.25) is 4.79 Å². The summed E-state index contributed by atoms with van der Waals surface area (Å²) in [4.78, 5) is 11.8. The molecule has 0 aliphatic heterocycles. The molecule has 1 amide bonds. The maximum Gasteiger partial charge on any atom is 0.251 e. The first kappa shape index (κ1) is 10.2. The Hall–Kier alpha value is -1.35. The molecule has 0 spiro atoms. The van der Waals surface area contributed by atoms with E-state index in [-0.39, 0.29) is 18.0 Å². The number of carbonyl (C=O) groups excluding carboxylic acids is 1. The van der Waals surface area contributed by atoms with Crippen LogP contribution in [0.5, 0.6) is 0 Å². The number of rotatable bonds is 2. The molecule has 15 heavy (non-hydrogen) atoms. The van der Waals surface area contributed by atoms with Crippen molar-refractivity contribution in [1.29, 1.82) is 0 Å². The van der Waals surface area contributed by atoms with E-state index in [2.05, 4.69) is 11.4 Å². The third-order valence-electron chi connectivity index (χ3n) is 2.64. The second-order valence-electron chi connectivity index (χ2n) is 4.36. The van der Waals surface area contributed by atoms with Crippen molar-refractivity contribution in [2.45, 2.75) is 32.4 Å². The molecule has 1 aliphatic carbocycles. The van der Waals surface area contributed by atoms with Gasteiger partial charge in [0, 0.05) is 17.6 Å². The van der Waals surface area contributed by atoms with Gasteiger partial charge in [-0.15, -0.1) is 0 Å². The van der Waals surface area contributed by atoms with Crippen LogP contribution in [-0.2, 0) is 0 Å². The van der Waals surface area contributed by atoms with Gasteiger partial charge in [-0.1, -0.05) is 17.2 Å². The topological polar surface area (TPSA) is 55.1 Å². The number of hydrogen-bond acceptors (Lipinski definition) is 2. The van der Waals surface area contributed by atoms with E-state index in [0.717, 1.165) is 23.1 Å². The first-order valence-electron chi connectivity index (χ1n) is 5.21. The van der Waals surface area contributed by atoms with Gasteiger partial charge in [-0.2, -0.15) is 0 Å². The molecule has 1 aliphatic rings. The Morgan fingerprint density at radius 2 is 1.87 bits per heavy atom. The van der Waals surface area contributed by atoms with Crippen molar-refractivity contribution in [2.75, 3.05) is 0 Å². The van der Waals surface area contributed by atoms with Gasteiger partial charge in [0.25, 0.3) is 5.91 Å². The molecule has 0 bridgehead atoms. The monoisotopic (exact) mass is 204 g/mol. The van der Waals surface area contributed by atoms with Gasteiger partial charge in [0.2, 0.25) is 0 Å². The highest BCUT2D eigenvalue weighted by Gasteiger charge is 2.34. The minimum absolute atomic E-state index is 0.0141. The molecule has 0 saturated heterocycles. The van der Waals surface area contributed by atoms with Crippen LogP contribution in [0.2, 0.25) is 0 Å². The van der Waals surface area contributed by atoms with E-state index in [1.165, 1.54) is 0 Å². The van der Waals surface area contributed by atoms with Crippen molar-refractivity contribution >= 4 is 5.91 Å². The summed E-state index contributed by atoms with van der Waals surface area (Å²) in [6, 6.07) is 6.18. The molecule has 0 heterocycles. The fourth-order valence-corrected chi connectivity index (χ4v) is 1.74. The molecule has 80 valence electrons. The normalized spacial score (nSPS) is 23.7. The molecule has 1 fully saturated rings. The molecule has 2 rings (SSSR count). The highest BCUT2D eigenvalue weighted by atomic mass is 16.1. The van der Waals surface area contributed by atoms with E-state index in [1.54, 1.807) is 0 Å². The molecule has 1 aromatic rings. The fraction of sp³-hybridized carbons (Fsp3) is 0.417. The number of benzene rings is 1. The zero-order valence-corrected chi connectivity index (χ0v) is 9.08. The van der Waals surface area contributed by atoms with E-state index in [1.807, 2.05) is 26.0 Å². The van der Waals surface area contributed by atoms with Crippen molar-refractivity contribution in [3.05, 3.63) is 34.9 Å². The summed E-state index contributed by atoms with van der Waals surface area (Å²) >= 11 is 0. The Morgan fingerprint density at radius 1 is 1.33 bits per heavy atom. The van der Waals surface area contributed by atoms with Crippen LogP contribution in [-0.4, -0.2) is 18.0 Å². The number of nitrogens with one attached hydrogen (secondary N) is 1. The van der Waals surface area contributed by atoms with Crippen LogP contribution in [0.1, 0.15) is 27.9 Å². The Bertz CT molecular complexity index is 380. The van der Waals surface area contributed by atoms with E-state index >= 15 is 0 Å². The average Bonchev–Trinajstić information content (AvgIpc) is 2.79. The van der Waals surface area contributed by atoms with Crippen molar-refractivity contribution in [3.8, 4) is 0 Å². The van der Waals surface area contributed by atoms with Crippen LogP contribution >= 0.6 is 0 Å². The van der Waals surface area contributed by atoms with Crippen LogP contribution in [0.15, 0.2) is 18.2 Å². The van der Waals surface area contributed by atoms with Crippen LogP contribution in [0.4, 0.5) is 0 Å². The Kier molecular flexibility index (Phi) is 2.49. The zero-order valence-electron chi connectivity index (χ0n) is 9.08. The van der Waals surface area contributed by atoms with E-state index in [4.69, 9.17) is 5.73 Å². The van der Waals surface area contributed by atoms with Gasteiger partial charge >= 0.3 is 0 Å². The summed E-state index contributed by atoms with van der Waals surface area (Å²) in [5, 5.41) is 2.91. The largest absolute Gasteiger partial charge is 0.348 e. The van der Waals surface area contributed by atoms with Crippen molar-refractivity contribution in [3.63, 3.8) is 0 Å². The molecule has 0 aromatic heterocycles. The summed E-state index contributed by atoms with van der Waals surface area (Å²) in [5.41, 5.74) is 8.59. The first-order valence-corrected chi connectivity index (χ1v) is 5.21. The van der Waals surface area contributed by atoms with E-state index < -0.39 is 0 Å². The lowest BCUT2D eigenvalue weighted by Crippen LogP contribution is -2.29. The Morgan fingerprint density at radius 3 is 2.33 bits per heavy atom. The summed E-state index contributed by atoms with van der Waals surface area (Å²) in [6.45, 7) is 3.99. The van der Waals surface area contributed by atoms with Gasteiger partial charge < -0.3 is 11.1 Å². The molecular weight excluding hydrogens is 188 g/mol. The van der Waals surface area contributed by atoms with Gasteiger partial charge in [0.05, 0.1) is 0 Å². The summed E-state index contributed by atoms with van der Waals surface area (Å²) < 4.78 is 0. The minimum Gasteiger partial charge on any atom is -0.348 e. The van der Waals surface area contributed by atoms with Crippen molar-refractivity contribution in [1.82, 2.24) is 5.32 Å². The molecule has 3 nitrogen and oxygen atoms in total. The smallest absolute Gasteiger partial charge is 0.251 e. The molecule has 1 aromatic carbocycles. The maximum absolute atomic E-state index is 11.8. The predicted octanol–water partition coefficient (Wildman–Crippen LogP) is 1.13. The van der Waals surface area contributed by atoms with Gasteiger partial charge in [-0.25, -0.2) is 0 Å². The highest BCUT2D eigenvalue weighted by Crippen LogP contribution is 2.18. The predicted molar refractivity (Wildman–Crippen MR) is 59.8 cm³/mol. The third-order valence-corrected chi connectivity index (χ3v) is 2.64. The van der Waals surface area contributed by atoms with Gasteiger partial charge in [0.1, 0.15) is 0 Å². The summed E-state index contributed by atoms with van der Waals surface area (Å²) in [6.07, 6.45) is 0.899. The molecule has 2 unspecified atom stereocenters. The lowest BCUT2D eigenvalue weighted by atomic mass is 10.1. The van der Waals surface area contributed by atoms with Gasteiger partial charge in [0.15, 0.2) is 0 Å². The average molecular weight is 204 g/mol. The standard InChI is InChI=1S/C12H16N2O/c1-7-3-8(2)5-9(4-7)12(15)14-11-6-10(11)13/h3-5,10-11H,6,13H2,1-2H3,(H,14,15). The van der Waals surface area contributed by atoms with Crippen molar-refractivity contribution < 1.29 is 4.79 Å². The summed E-state index contributed by atoms with van der Waals surface area (Å²) in [7, 11) is 0. The van der Waals surface area contributed by atoms with Crippen molar-refractivity contribution in [2.24, 2.45) is 5.73 Å². The fourth-order valence-electron chi connectivity index (χ4n) is 1.74. The van der Waals surface area contributed by atoms with Crippen LogP contribution < -0.4 is 11.1 Å². The van der Waals surface area contributed by atoms with E-state index in [9.17, 15) is 4.79 Å². The lowest BCUT2D eigenvalue weighted by Gasteiger charge is -2.05. The first-order chi connectivity index (χ1) is 7.06. The molecule has 2 atom stereocenters. The van der Waals surface area contributed by atoms with Gasteiger partial charge in [-0.05, 0) is 32.4 Å². The number of carbonyl (C=O) groups is 1. The number of aryl methyl sites for hydroxylation is 2. The molecule has 3 N–H and O–H groups in total. The second kappa shape index (κ2) is 3.66. The number of hydrogen-bond donors (Lipinski definition) is 2. The SMILES string of the molecule is Cc1cc(C)cc(C(=O)NC2CC2N)c1. The Labute approximate surface area is 89.7 Å². The molecule has 0 radical (unpaired) electrons. The maximum atomic E-state index is 11.8. The zero-order chi connectivity index (χ0) is 11.0. The van der Waals surface area contributed by atoms with E-state index in [0.29, 0.717) is 0 Å². The Balaban J connectivity index is 2.11. The summed E-state index contributed by atoms with van der Waals surface area (Å²) in [5.74, 6) is -0.0141. The van der Waals surface area contributed by atoms with Crippen LogP contribution in [0, 0.1) is 13.8 Å². The second-order valence-corrected chi connectivity index (χ2v) is 4.36. The molecule has 1 saturated carbocycles. The lowest BCUT2D eigenvalue weighted by molar-refractivity contribution is 0.0950. The third kappa shape index (κ3) is 2.36.